The minimum absolute atomic E-state index is 0.248. The van der Waals surface area contributed by atoms with E-state index < -0.39 is 0 Å². The molecular formula is C13H23N. The van der Waals surface area contributed by atoms with E-state index in [1.165, 1.54) is 0 Å². The molecule has 0 amide bonds. The summed E-state index contributed by atoms with van der Waals surface area (Å²) in [5.74, 6) is 0.371. The van der Waals surface area contributed by atoms with Gasteiger partial charge in [0.05, 0.1) is 0 Å². The normalized spacial score (nSPS) is 17.1. The zero-order chi connectivity index (χ0) is 10.8. The predicted octanol–water partition coefficient (Wildman–Crippen LogP) is 3.44. The van der Waals surface area contributed by atoms with Crippen LogP contribution in [0.25, 0.3) is 0 Å². The predicted molar refractivity (Wildman–Crippen MR) is 65.1 cm³/mol. The summed E-state index contributed by atoms with van der Waals surface area (Å²) < 4.78 is 0. The van der Waals surface area contributed by atoms with Crippen molar-refractivity contribution in [2.75, 3.05) is 0 Å². The molecule has 1 nitrogen and oxygen atoms in total. The highest BCUT2D eigenvalue weighted by molar-refractivity contribution is 5.10. The molecule has 1 heteroatoms. The maximum Gasteiger partial charge on any atom is 0.0137 e. The molecule has 2 atom stereocenters. The van der Waals surface area contributed by atoms with Crippen molar-refractivity contribution < 1.29 is 0 Å². The molecule has 2 N–H and O–H groups in total. The average molecular weight is 193 g/mol. The fourth-order valence-corrected chi connectivity index (χ4v) is 1.40. The van der Waals surface area contributed by atoms with Crippen LogP contribution in [0.4, 0.5) is 0 Å². The average Bonchev–Trinajstić information content (AvgIpc) is 2.17. The molecule has 0 fully saturated rings. The summed E-state index contributed by atoms with van der Waals surface area (Å²) in [6.07, 6.45) is 14.8. The minimum Gasteiger partial charge on any atom is -0.327 e. The van der Waals surface area contributed by atoms with E-state index in [4.69, 9.17) is 5.73 Å². The van der Waals surface area contributed by atoms with Crippen molar-refractivity contribution >= 4 is 0 Å². The van der Waals surface area contributed by atoms with Gasteiger partial charge in [0.1, 0.15) is 0 Å². The standard InChI is InChI=1S/C13H23N/c1-4-7-8-11-12(9-5-2)13(14)10-6-3/h4-5,7-9,11-13H,6,10,14H2,1-3H3/b7-4-,9-5?,11-8-. The van der Waals surface area contributed by atoms with Gasteiger partial charge in [-0.3, -0.25) is 0 Å². The van der Waals surface area contributed by atoms with Gasteiger partial charge in [0.15, 0.2) is 0 Å². The van der Waals surface area contributed by atoms with Gasteiger partial charge in [0, 0.05) is 12.0 Å². The van der Waals surface area contributed by atoms with Crippen LogP contribution in [0, 0.1) is 5.92 Å². The summed E-state index contributed by atoms with van der Waals surface area (Å²) in [6, 6.07) is 0.248. The van der Waals surface area contributed by atoms with Crippen molar-refractivity contribution in [2.24, 2.45) is 11.7 Å². The molecule has 0 spiro atoms. The van der Waals surface area contributed by atoms with Crippen LogP contribution in [0.15, 0.2) is 36.5 Å². The lowest BCUT2D eigenvalue weighted by molar-refractivity contribution is 0.533. The maximum atomic E-state index is 6.07. The molecule has 14 heavy (non-hydrogen) atoms. The Morgan fingerprint density at radius 3 is 2.29 bits per heavy atom. The minimum atomic E-state index is 0.248. The Labute approximate surface area is 88.4 Å². The van der Waals surface area contributed by atoms with Crippen molar-refractivity contribution in [1.82, 2.24) is 0 Å². The molecule has 0 saturated carbocycles. The largest absolute Gasteiger partial charge is 0.327 e. The van der Waals surface area contributed by atoms with Gasteiger partial charge in [-0.1, -0.05) is 49.8 Å². The Balaban J connectivity index is 4.27. The molecule has 0 aliphatic rings. The topological polar surface area (TPSA) is 26.0 Å². The molecule has 0 heterocycles. The molecule has 0 rings (SSSR count). The molecule has 0 radical (unpaired) electrons. The summed E-state index contributed by atoms with van der Waals surface area (Å²) in [6.45, 7) is 6.22. The van der Waals surface area contributed by atoms with E-state index in [0.717, 1.165) is 12.8 Å². The van der Waals surface area contributed by atoms with Crippen LogP contribution in [-0.4, -0.2) is 6.04 Å². The molecule has 0 aliphatic carbocycles. The first-order valence-corrected chi connectivity index (χ1v) is 5.44. The van der Waals surface area contributed by atoms with Crippen LogP contribution in [0.1, 0.15) is 33.6 Å². The molecule has 0 aromatic rings. The van der Waals surface area contributed by atoms with Crippen LogP contribution in [0.3, 0.4) is 0 Å². The van der Waals surface area contributed by atoms with Crippen molar-refractivity contribution in [1.29, 1.82) is 0 Å². The van der Waals surface area contributed by atoms with Crippen molar-refractivity contribution in [2.45, 2.75) is 39.7 Å². The number of hydrogen-bond acceptors (Lipinski definition) is 1. The van der Waals surface area contributed by atoms with E-state index in [0.29, 0.717) is 5.92 Å². The van der Waals surface area contributed by atoms with E-state index in [9.17, 15) is 0 Å². The molecular weight excluding hydrogens is 170 g/mol. The zero-order valence-electron chi connectivity index (χ0n) is 9.61. The van der Waals surface area contributed by atoms with Crippen LogP contribution in [-0.2, 0) is 0 Å². The second kappa shape index (κ2) is 8.76. The maximum absolute atomic E-state index is 6.07. The fraction of sp³-hybridized carbons (Fsp3) is 0.538. The van der Waals surface area contributed by atoms with Gasteiger partial charge < -0.3 is 5.73 Å². The van der Waals surface area contributed by atoms with E-state index in [2.05, 4.69) is 31.2 Å². The third kappa shape index (κ3) is 5.76. The Morgan fingerprint density at radius 1 is 1.07 bits per heavy atom. The van der Waals surface area contributed by atoms with Crippen LogP contribution in [0.2, 0.25) is 0 Å². The van der Waals surface area contributed by atoms with E-state index in [1.807, 2.05) is 26.0 Å². The zero-order valence-corrected chi connectivity index (χ0v) is 9.61. The first-order chi connectivity index (χ1) is 6.76. The number of hydrogen-bond donors (Lipinski definition) is 1. The molecule has 0 aromatic carbocycles. The summed E-state index contributed by atoms with van der Waals surface area (Å²) >= 11 is 0. The number of allylic oxidation sites excluding steroid dienone is 4. The smallest absolute Gasteiger partial charge is 0.0137 e. The Hall–Kier alpha value is -0.820. The Kier molecular flexibility index (Phi) is 8.25. The Morgan fingerprint density at radius 2 is 1.79 bits per heavy atom. The summed E-state index contributed by atoms with van der Waals surface area (Å²) in [7, 11) is 0. The molecule has 0 bridgehead atoms. The molecule has 0 saturated heterocycles. The first kappa shape index (κ1) is 13.2. The molecule has 0 aromatic heterocycles. The van der Waals surface area contributed by atoms with Crippen LogP contribution < -0.4 is 5.73 Å². The van der Waals surface area contributed by atoms with E-state index in [1.54, 1.807) is 0 Å². The van der Waals surface area contributed by atoms with Crippen LogP contribution in [0.5, 0.6) is 0 Å². The van der Waals surface area contributed by atoms with Gasteiger partial charge >= 0.3 is 0 Å². The highest BCUT2D eigenvalue weighted by atomic mass is 14.6. The number of nitrogens with two attached hydrogens (primary N) is 1. The second-order valence-corrected chi connectivity index (χ2v) is 3.47. The fourth-order valence-electron chi connectivity index (χ4n) is 1.40. The first-order valence-electron chi connectivity index (χ1n) is 5.44. The van der Waals surface area contributed by atoms with Gasteiger partial charge in [0.2, 0.25) is 0 Å². The lowest BCUT2D eigenvalue weighted by atomic mass is 9.95. The lowest BCUT2D eigenvalue weighted by Crippen LogP contribution is -2.27. The summed E-state index contributed by atoms with van der Waals surface area (Å²) in [5, 5.41) is 0. The van der Waals surface area contributed by atoms with E-state index in [-0.39, 0.29) is 6.04 Å². The van der Waals surface area contributed by atoms with Gasteiger partial charge in [-0.25, -0.2) is 0 Å². The third-order valence-electron chi connectivity index (χ3n) is 2.17. The highest BCUT2D eigenvalue weighted by Gasteiger charge is 2.09. The van der Waals surface area contributed by atoms with Crippen LogP contribution >= 0.6 is 0 Å². The molecule has 0 aliphatic heterocycles. The summed E-state index contributed by atoms with van der Waals surface area (Å²) in [4.78, 5) is 0. The monoisotopic (exact) mass is 193 g/mol. The lowest BCUT2D eigenvalue weighted by Gasteiger charge is -2.16. The van der Waals surface area contributed by atoms with E-state index >= 15 is 0 Å². The van der Waals surface area contributed by atoms with Gasteiger partial charge in [-0.05, 0) is 20.3 Å². The second-order valence-electron chi connectivity index (χ2n) is 3.47. The van der Waals surface area contributed by atoms with Crippen molar-refractivity contribution in [3.63, 3.8) is 0 Å². The highest BCUT2D eigenvalue weighted by Crippen LogP contribution is 2.11. The quantitative estimate of drug-likeness (QED) is 0.507. The molecule has 2 unspecified atom stereocenters. The molecule has 80 valence electrons. The Bertz CT molecular complexity index is 201. The van der Waals surface area contributed by atoms with Crippen molar-refractivity contribution in [3.05, 3.63) is 36.5 Å². The summed E-state index contributed by atoms with van der Waals surface area (Å²) in [5.41, 5.74) is 6.07. The van der Waals surface area contributed by atoms with Gasteiger partial charge in [-0.15, -0.1) is 0 Å². The van der Waals surface area contributed by atoms with Gasteiger partial charge in [0.25, 0.3) is 0 Å². The number of rotatable bonds is 6. The SMILES string of the molecule is CC=CC(/C=C\C=C/C)C(N)CCC. The third-order valence-corrected chi connectivity index (χ3v) is 2.17. The van der Waals surface area contributed by atoms with Gasteiger partial charge in [-0.2, -0.15) is 0 Å². The van der Waals surface area contributed by atoms with Crippen molar-refractivity contribution in [3.8, 4) is 0 Å².